The lowest BCUT2D eigenvalue weighted by Crippen LogP contribution is -2.50. The van der Waals surface area contributed by atoms with Crippen LogP contribution in [0.5, 0.6) is 5.75 Å². The van der Waals surface area contributed by atoms with Crippen LogP contribution in [0.15, 0.2) is 75.1 Å². The molecule has 2 heterocycles. The van der Waals surface area contributed by atoms with Crippen LogP contribution in [-0.2, 0) is 20.0 Å². The molecule has 0 aliphatic carbocycles. The average molecular weight is 594 g/mol. The van der Waals surface area contributed by atoms with Gasteiger partial charge >= 0.3 is 0 Å². The van der Waals surface area contributed by atoms with Crippen molar-refractivity contribution in [3.63, 3.8) is 0 Å². The summed E-state index contributed by atoms with van der Waals surface area (Å²) < 4.78 is 62.7. The highest BCUT2D eigenvalue weighted by atomic mass is 32.2. The lowest BCUT2D eigenvalue weighted by molar-refractivity contribution is 0.0389. The number of fused-ring (bicyclic) bond motifs is 1. The minimum absolute atomic E-state index is 0.000157. The van der Waals surface area contributed by atoms with E-state index in [0.29, 0.717) is 0 Å². The van der Waals surface area contributed by atoms with Crippen molar-refractivity contribution in [1.82, 2.24) is 9.21 Å². The molecule has 4 rings (SSSR count). The molecule has 10 nitrogen and oxygen atoms in total. The van der Waals surface area contributed by atoms with Crippen molar-refractivity contribution < 1.29 is 31.5 Å². The van der Waals surface area contributed by atoms with Gasteiger partial charge in [-0.1, -0.05) is 37.3 Å². The Bertz CT molecular complexity index is 1510. The highest BCUT2D eigenvalue weighted by Gasteiger charge is 2.36. The van der Waals surface area contributed by atoms with E-state index in [4.69, 9.17) is 4.74 Å². The summed E-state index contributed by atoms with van der Waals surface area (Å²) in [5.74, 6) is -0.814. The van der Waals surface area contributed by atoms with Crippen LogP contribution in [0, 0.1) is 5.92 Å². The number of hydrogen-bond donors (Lipinski definition) is 2. The summed E-state index contributed by atoms with van der Waals surface area (Å²) in [7, 11) is -6.38. The van der Waals surface area contributed by atoms with Gasteiger partial charge in [0, 0.05) is 19.5 Å². The fourth-order valence-electron chi connectivity index (χ4n) is 4.28. The first-order valence-corrected chi connectivity index (χ1v) is 16.0. The number of nitrogens with zero attached hydrogens (tertiary/aromatic N) is 2. The minimum Gasteiger partial charge on any atom is -0.486 e. The summed E-state index contributed by atoms with van der Waals surface area (Å²) in [4.78, 5) is 15.2. The zero-order valence-corrected chi connectivity index (χ0v) is 24.2. The molecule has 1 aliphatic heterocycles. The number of para-hydroxylation sites is 1. The maximum absolute atomic E-state index is 13.6. The van der Waals surface area contributed by atoms with Crippen LogP contribution in [0.4, 0.5) is 5.69 Å². The Hall–Kier alpha value is -2.97. The number of likely N-dealkylation sites (N-methyl/N-ethyl adjacent to an activating group) is 1. The first kappa shape index (κ1) is 29.0. The third-order valence-corrected chi connectivity index (χ3v) is 11.2. The molecule has 1 aliphatic rings. The minimum atomic E-state index is -3.97. The fraction of sp³-hybridized carbons (Fsp3) is 0.346. The number of benzene rings is 2. The van der Waals surface area contributed by atoms with Gasteiger partial charge < -0.3 is 14.7 Å². The Labute approximate surface area is 232 Å². The molecule has 1 aromatic heterocycles. The van der Waals surface area contributed by atoms with Gasteiger partial charge in [0.15, 0.2) is 5.75 Å². The maximum atomic E-state index is 13.6. The zero-order valence-electron chi connectivity index (χ0n) is 21.7. The molecule has 13 heteroatoms. The summed E-state index contributed by atoms with van der Waals surface area (Å²) in [6.07, 6.45) is -0.763. The Morgan fingerprint density at radius 3 is 2.46 bits per heavy atom. The number of rotatable bonds is 9. The molecule has 1 amide bonds. The highest BCUT2D eigenvalue weighted by Crippen LogP contribution is 2.36. The number of hydrogen-bond acceptors (Lipinski definition) is 8. The second kappa shape index (κ2) is 11.6. The SMILES string of the molecule is C[C@H]1CN([C@@H](C)CO)C(=O)c2cccc(NS(=O)(=O)c3cccs3)c2O[C@@H]1CN(C)S(=O)(=O)c1ccccc1. The number of ether oxygens (including phenoxy) is 1. The van der Waals surface area contributed by atoms with Crippen LogP contribution in [0.3, 0.4) is 0 Å². The number of aliphatic hydroxyl groups is 1. The molecule has 2 N–H and O–H groups in total. The van der Waals surface area contributed by atoms with Crippen LogP contribution in [0.25, 0.3) is 0 Å². The molecular weight excluding hydrogens is 563 g/mol. The Kier molecular flexibility index (Phi) is 8.66. The van der Waals surface area contributed by atoms with Crippen LogP contribution >= 0.6 is 11.3 Å². The fourth-order valence-corrected chi connectivity index (χ4v) is 7.54. The molecule has 0 spiro atoms. The van der Waals surface area contributed by atoms with Gasteiger partial charge in [0.1, 0.15) is 10.3 Å². The van der Waals surface area contributed by atoms with Crippen molar-refractivity contribution in [1.29, 1.82) is 0 Å². The van der Waals surface area contributed by atoms with Crippen molar-refractivity contribution in [2.75, 3.05) is 31.5 Å². The quantitative estimate of drug-likeness (QED) is 0.390. The molecule has 0 unspecified atom stereocenters. The molecule has 0 fully saturated rings. The molecule has 0 radical (unpaired) electrons. The number of nitrogens with one attached hydrogen (secondary N) is 1. The smallest absolute Gasteiger partial charge is 0.271 e. The third-order valence-electron chi connectivity index (χ3n) is 6.58. The molecule has 3 aromatic rings. The molecule has 2 aromatic carbocycles. The van der Waals surface area contributed by atoms with Gasteiger partial charge in [-0.25, -0.2) is 16.8 Å². The van der Waals surface area contributed by atoms with E-state index in [1.807, 2.05) is 6.92 Å². The first-order chi connectivity index (χ1) is 18.5. The standard InChI is InChI=1S/C26H31N3O7S3/c1-18-15-29(19(2)17-30)26(31)21-11-7-12-22(27-38(32,33)24-13-8-14-37-24)25(21)36-23(18)16-28(3)39(34,35)20-9-5-4-6-10-20/h4-14,18-19,23,27,30H,15-17H2,1-3H3/t18-,19-,23+/m0/s1. The largest absolute Gasteiger partial charge is 0.486 e. The van der Waals surface area contributed by atoms with Crippen LogP contribution in [0.1, 0.15) is 24.2 Å². The van der Waals surface area contributed by atoms with Crippen molar-refractivity contribution in [2.45, 2.75) is 35.1 Å². The van der Waals surface area contributed by atoms with Gasteiger partial charge in [-0.3, -0.25) is 9.52 Å². The number of thiophene rings is 1. The summed E-state index contributed by atoms with van der Waals surface area (Å²) >= 11 is 1.04. The second-order valence-corrected chi connectivity index (χ2v) is 14.3. The van der Waals surface area contributed by atoms with Gasteiger partial charge in [0.2, 0.25) is 10.0 Å². The van der Waals surface area contributed by atoms with Crippen LogP contribution in [0.2, 0.25) is 0 Å². The number of anilines is 1. The predicted octanol–water partition coefficient (Wildman–Crippen LogP) is 3.09. The van der Waals surface area contributed by atoms with Crippen molar-refractivity contribution in [3.05, 3.63) is 71.6 Å². The van der Waals surface area contributed by atoms with E-state index < -0.39 is 38.1 Å². The van der Waals surface area contributed by atoms with Gasteiger partial charge in [-0.15, -0.1) is 11.3 Å². The summed E-state index contributed by atoms with van der Waals surface area (Å²) in [5, 5.41) is 11.5. The molecule has 39 heavy (non-hydrogen) atoms. The Morgan fingerprint density at radius 2 is 1.82 bits per heavy atom. The maximum Gasteiger partial charge on any atom is 0.271 e. The Morgan fingerprint density at radius 1 is 1.10 bits per heavy atom. The molecular formula is C26H31N3O7S3. The van der Waals surface area contributed by atoms with Crippen molar-refractivity contribution in [3.8, 4) is 5.75 Å². The summed E-state index contributed by atoms with van der Waals surface area (Å²) in [6.45, 7) is 3.36. The van der Waals surface area contributed by atoms with E-state index in [-0.39, 0.29) is 51.7 Å². The van der Waals surface area contributed by atoms with E-state index in [1.54, 1.807) is 42.6 Å². The van der Waals surface area contributed by atoms with Gasteiger partial charge in [-0.05, 0) is 42.6 Å². The topological polar surface area (TPSA) is 133 Å². The van der Waals surface area contributed by atoms with E-state index in [9.17, 15) is 26.7 Å². The predicted molar refractivity (Wildman–Crippen MR) is 149 cm³/mol. The van der Waals surface area contributed by atoms with Crippen molar-refractivity contribution in [2.24, 2.45) is 5.92 Å². The van der Waals surface area contributed by atoms with Gasteiger partial charge in [0.25, 0.3) is 15.9 Å². The van der Waals surface area contributed by atoms with Crippen molar-refractivity contribution >= 4 is 43.0 Å². The van der Waals surface area contributed by atoms with E-state index >= 15 is 0 Å². The summed E-state index contributed by atoms with van der Waals surface area (Å²) in [6, 6.07) is 15.1. The number of amides is 1. The zero-order chi connectivity index (χ0) is 28.4. The molecule has 210 valence electrons. The molecule has 0 bridgehead atoms. The molecule has 0 saturated carbocycles. The second-order valence-electron chi connectivity index (χ2n) is 9.44. The number of aliphatic hydroxyl groups excluding tert-OH is 1. The van der Waals surface area contributed by atoms with Gasteiger partial charge in [-0.2, -0.15) is 4.31 Å². The first-order valence-electron chi connectivity index (χ1n) is 12.2. The third kappa shape index (κ3) is 6.12. The number of carbonyl (C=O) groups excluding carboxylic acids is 1. The summed E-state index contributed by atoms with van der Waals surface area (Å²) in [5.41, 5.74) is 0.158. The van der Waals surface area contributed by atoms with E-state index in [0.717, 1.165) is 11.3 Å². The van der Waals surface area contributed by atoms with Gasteiger partial charge in [0.05, 0.1) is 35.3 Å². The number of sulfonamides is 2. The van der Waals surface area contributed by atoms with Crippen LogP contribution < -0.4 is 9.46 Å². The van der Waals surface area contributed by atoms with E-state index in [2.05, 4.69) is 4.72 Å². The average Bonchev–Trinajstić information content (AvgIpc) is 3.47. The lowest BCUT2D eigenvalue weighted by atomic mass is 9.99. The highest BCUT2D eigenvalue weighted by molar-refractivity contribution is 7.94. The Balaban J connectivity index is 1.76. The van der Waals surface area contributed by atoms with Crippen LogP contribution in [-0.4, -0.2) is 75.9 Å². The molecule has 0 saturated heterocycles. The lowest BCUT2D eigenvalue weighted by Gasteiger charge is -2.38. The number of carbonyl (C=O) groups is 1. The normalized spacial score (nSPS) is 19.1. The monoisotopic (exact) mass is 593 g/mol. The van der Waals surface area contributed by atoms with E-state index in [1.165, 1.54) is 46.6 Å². The molecule has 3 atom stereocenters.